The van der Waals surface area contributed by atoms with E-state index >= 15 is 0 Å². The molecular weight excluding hydrogens is 98.1 g/mol. The van der Waals surface area contributed by atoms with E-state index in [1.807, 2.05) is 12.2 Å². The predicted octanol–water partition coefficient (Wildman–Crippen LogP) is 1.92. The smallest absolute Gasteiger partial charge is 0.0399 e. The first kappa shape index (κ1) is 5.29. The van der Waals surface area contributed by atoms with Gasteiger partial charge < -0.3 is 0 Å². The molecule has 1 aliphatic rings. The van der Waals surface area contributed by atoms with Crippen LogP contribution in [-0.4, -0.2) is 6.72 Å². The van der Waals surface area contributed by atoms with Crippen molar-refractivity contribution >= 4 is 6.72 Å². The minimum Gasteiger partial charge on any atom is -0.269 e. The summed E-state index contributed by atoms with van der Waals surface area (Å²) in [6, 6.07) is 0. The van der Waals surface area contributed by atoms with Crippen molar-refractivity contribution in [3.05, 3.63) is 23.9 Å². The van der Waals surface area contributed by atoms with Crippen LogP contribution in [0.15, 0.2) is 28.9 Å². The van der Waals surface area contributed by atoms with Gasteiger partial charge in [0.2, 0.25) is 0 Å². The number of aliphatic imine (C=N–C) groups is 1. The highest BCUT2D eigenvalue weighted by atomic mass is 14.7. The molecule has 0 bridgehead atoms. The second-order valence-corrected chi connectivity index (χ2v) is 1.78. The van der Waals surface area contributed by atoms with E-state index in [1.54, 1.807) is 0 Å². The molecule has 0 amide bonds. The Morgan fingerprint density at radius 1 is 1.62 bits per heavy atom. The fraction of sp³-hybridized carbons (Fsp3) is 0.286. The third-order valence-electron chi connectivity index (χ3n) is 1.19. The van der Waals surface area contributed by atoms with Gasteiger partial charge in [-0.25, -0.2) is 0 Å². The molecule has 0 unspecified atom stereocenters. The van der Waals surface area contributed by atoms with E-state index in [4.69, 9.17) is 0 Å². The third-order valence-corrected chi connectivity index (χ3v) is 1.19. The predicted molar refractivity (Wildman–Crippen MR) is 36.0 cm³/mol. The Morgan fingerprint density at radius 2 is 2.50 bits per heavy atom. The summed E-state index contributed by atoms with van der Waals surface area (Å²) in [7, 11) is 0. The average Bonchev–Trinajstić information content (AvgIpc) is 1.90. The van der Waals surface area contributed by atoms with Gasteiger partial charge in [-0.05, 0) is 25.6 Å². The zero-order valence-electron chi connectivity index (χ0n) is 4.80. The highest BCUT2D eigenvalue weighted by Crippen LogP contribution is 2.10. The van der Waals surface area contributed by atoms with Gasteiger partial charge in [0.15, 0.2) is 0 Å². The van der Waals surface area contributed by atoms with Crippen molar-refractivity contribution in [2.45, 2.75) is 12.8 Å². The van der Waals surface area contributed by atoms with Gasteiger partial charge in [0.05, 0.1) is 0 Å². The van der Waals surface area contributed by atoms with E-state index in [2.05, 4.69) is 17.8 Å². The lowest BCUT2D eigenvalue weighted by molar-refractivity contribution is 0.948. The number of rotatable bonds is 1. The van der Waals surface area contributed by atoms with Gasteiger partial charge in [-0.15, -0.1) is 0 Å². The zero-order chi connectivity index (χ0) is 5.82. The molecule has 0 aliphatic heterocycles. The van der Waals surface area contributed by atoms with Crippen LogP contribution in [0, 0.1) is 0 Å². The van der Waals surface area contributed by atoms with Gasteiger partial charge in [-0.3, -0.25) is 4.99 Å². The van der Waals surface area contributed by atoms with Crippen LogP contribution in [0.25, 0.3) is 0 Å². The average molecular weight is 107 g/mol. The number of nitrogens with zero attached hydrogens (tertiary/aromatic N) is 1. The monoisotopic (exact) mass is 107 g/mol. The molecule has 0 spiro atoms. The number of hydrogen-bond donors (Lipinski definition) is 0. The van der Waals surface area contributed by atoms with E-state index < -0.39 is 0 Å². The molecule has 0 N–H and O–H groups in total. The van der Waals surface area contributed by atoms with Crippen LogP contribution < -0.4 is 0 Å². The maximum atomic E-state index is 3.81. The van der Waals surface area contributed by atoms with Crippen LogP contribution >= 0.6 is 0 Å². The lowest BCUT2D eigenvalue weighted by atomic mass is 10.1. The van der Waals surface area contributed by atoms with Gasteiger partial charge in [0.25, 0.3) is 0 Å². The molecule has 0 aromatic carbocycles. The maximum absolute atomic E-state index is 3.81. The standard InChI is InChI=1S/C7H9N/c1-8-7-5-3-2-4-6-7/h2-3,5H,1,4,6H2. The molecule has 0 saturated heterocycles. The topological polar surface area (TPSA) is 12.4 Å². The molecule has 1 nitrogen and oxygen atoms in total. The van der Waals surface area contributed by atoms with Crippen molar-refractivity contribution in [3.8, 4) is 0 Å². The van der Waals surface area contributed by atoms with Crippen molar-refractivity contribution in [1.82, 2.24) is 0 Å². The van der Waals surface area contributed by atoms with E-state index in [0.29, 0.717) is 0 Å². The second-order valence-electron chi connectivity index (χ2n) is 1.78. The molecule has 0 atom stereocenters. The van der Waals surface area contributed by atoms with Gasteiger partial charge in [0, 0.05) is 5.70 Å². The van der Waals surface area contributed by atoms with E-state index in [-0.39, 0.29) is 0 Å². The van der Waals surface area contributed by atoms with Crippen molar-refractivity contribution in [2.75, 3.05) is 0 Å². The fourth-order valence-corrected chi connectivity index (χ4v) is 0.722. The summed E-state index contributed by atoms with van der Waals surface area (Å²) in [6.45, 7) is 3.43. The molecule has 0 fully saturated rings. The summed E-state index contributed by atoms with van der Waals surface area (Å²) in [5.41, 5.74) is 1.10. The summed E-state index contributed by atoms with van der Waals surface area (Å²) in [4.78, 5) is 3.81. The van der Waals surface area contributed by atoms with Crippen LogP contribution in [0.3, 0.4) is 0 Å². The first-order chi connectivity index (χ1) is 3.93. The minimum absolute atomic E-state index is 1.06. The van der Waals surface area contributed by atoms with E-state index in [0.717, 1.165) is 18.5 Å². The molecule has 8 heavy (non-hydrogen) atoms. The SMILES string of the molecule is C=NC1=CC=CCC1. The molecule has 1 aliphatic carbocycles. The Kier molecular flexibility index (Phi) is 1.62. The summed E-state index contributed by atoms with van der Waals surface area (Å²) in [5.74, 6) is 0. The molecule has 1 rings (SSSR count). The molecule has 1 heteroatoms. The third kappa shape index (κ3) is 1.06. The Morgan fingerprint density at radius 3 is 2.88 bits per heavy atom. The lowest BCUT2D eigenvalue weighted by Gasteiger charge is -1.99. The molecule has 0 radical (unpaired) electrons. The second kappa shape index (κ2) is 2.46. The van der Waals surface area contributed by atoms with E-state index in [1.165, 1.54) is 0 Å². The number of hydrogen-bond acceptors (Lipinski definition) is 1. The summed E-state index contributed by atoms with van der Waals surface area (Å²) in [6.07, 6.45) is 8.32. The Bertz CT molecular complexity index is 142. The summed E-state index contributed by atoms with van der Waals surface area (Å²) in [5, 5.41) is 0. The first-order valence-electron chi connectivity index (χ1n) is 2.76. The lowest BCUT2D eigenvalue weighted by Crippen LogP contribution is -1.80. The van der Waals surface area contributed by atoms with Crippen molar-refractivity contribution in [3.63, 3.8) is 0 Å². The normalized spacial score (nSPS) is 17.8. The summed E-state index contributed by atoms with van der Waals surface area (Å²) >= 11 is 0. The summed E-state index contributed by atoms with van der Waals surface area (Å²) < 4.78 is 0. The van der Waals surface area contributed by atoms with Crippen molar-refractivity contribution in [2.24, 2.45) is 4.99 Å². The van der Waals surface area contributed by atoms with Crippen LogP contribution in [0.4, 0.5) is 0 Å². The van der Waals surface area contributed by atoms with Crippen molar-refractivity contribution in [1.29, 1.82) is 0 Å². The molecule has 0 aromatic rings. The van der Waals surface area contributed by atoms with Crippen LogP contribution in [0.2, 0.25) is 0 Å². The number of allylic oxidation sites excluding steroid dienone is 4. The van der Waals surface area contributed by atoms with Gasteiger partial charge in [-0.2, -0.15) is 0 Å². The van der Waals surface area contributed by atoms with Gasteiger partial charge in [0.1, 0.15) is 0 Å². The van der Waals surface area contributed by atoms with Gasteiger partial charge >= 0.3 is 0 Å². The molecule has 42 valence electrons. The largest absolute Gasteiger partial charge is 0.269 e. The first-order valence-corrected chi connectivity index (χ1v) is 2.76. The van der Waals surface area contributed by atoms with Crippen LogP contribution in [0.5, 0.6) is 0 Å². The molecule has 0 aromatic heterocycles. The zero-order valence-corrected chi connectivity index (χ0v) is 4.80. The van der Waals surface area contributed by atoms with Gasteiger partial charge in [-0.1, -0.05) is 12.2 Å². The molecular formula is C7H9N. The van der Waals surface area contributed by atoms with Crippen molar-refractivity contribution < 1.29 is 0 Å². The highest BCUT2D eigenvalue weighted by Gasteiger charge is 1.92. The molecule has 0 saturated carbocycles. The maximum Gasteiger partial charge on any atom is 0.0399 e. The minimum atomic E-state index is 1.06. The van der Waals surface area contributed by atoms with Crippen LogP contribution in [-0.2, 0) is 0 Å². The van der Waals surface area contributed by atoms with Crippen LogP contribution in [0.1, 0.15) is 12.8 Å². The Balaban J connectivity index is 2.63. The van der Waals surface area contributed by atoms with E-state index in [9.17, 15) is 0 Å². The Labute approximate surface area is 49.4 Å². The fourth-order valence-electron chi connectivity index (χ4n) is 0.722. The quantitative estimate of drug-likeness (QED) is 0.454. The molecule has 0 heterocycles. The Hall–Kier alpha value is -0.850. The highest BCUT2D eigenvalue weighted by molar-refractivity contribution is 5.31.